The van der Waals surface area contributed by atoms with Crippen LogP contribution in [-0.4, -0.2) is 28.7 Å². The molecule has 0 fully saturated rings. The highest BCUT2D eigenvalue weighted by molar-refractivity contribution is 6.38. The van der Waals surface area contributed by atoms with E-state index in [1.54, 1.807) is 29.8 Å². The van der Waals surface area contributed by atoms with Crippen LogP contribution < -0.4 is 5.73 Å². The van der Waals surface area contributed by atoms with Crippen LogP contribution in [0.15, 0.2) is 36.5 Å². The molecule has 2 aromatic rings. The van der Waals surface area contributed by atoms with Crippen molar-refractivity contribution in [3.05, 3.63) is 53.6 Å². The quantitative estimate of drug-likeness (QED) is 0.362. The van der Waals surface area contributed by atoms with E-state index in [9.17, 15) is 18.8 Å². The van der Waals surface area contributed by atoms with E-state index in [2.05, 4.69) is 4.74 Å². The number of rotatable bonds is 7. The number of ether oxygens (including phenoxy) is 1. The second kappa shape index (κ2) is 7.54. The Hall–Kier alpha value is -2.96. The molecule has 2 rings (SSSR count). The molecule has 1 heterocycles. The van der Waals surface area contributed by atoms with Crippen molar-refractivity contribution in [3.8, 4) is 0 Å². The molecular weight excluding hydrogens is 315 g/mol. The van der Waals surface area contributed by atoms with Crippen molar-refractivity contribution in [1.82, 2.24) is 4.57 Å². The fourth-order valence-corrected chi connectivity index (χ4v) is 2.21. The van der Waals surface area contributed by atoms with Gasteiger partial charge in [0.2, 0.25) is 5.78 Å². The van der Waals surface area contributed by atoms with Crippen LogP contribution in [0.5, 0.6) is 0 Å². The van der Waals surface area contributed by atoms with Crippen LogP contribution in [0.2, 0.25) is 0 Å². The Kier molecular flexibility index (Phi) is 5.47. The maximum absolute atomic E-state index is 13.0. The molecule has 0 bridgehead atoms. The van der Waals surface area contributed by atoms with Gasteiger partial charge < -0.3 is 15.0 Å². The highest BCUT2D eigenvalue weighted by atomic mass is 19.1. The number of halogens is 1. The first-order chi connectivity index (χ1) is 11.4. The third-order valence-electron chi connectivity index (χ3n) is 3.29. The molecular formula is C17H17FN2O4. The predicted molar refractivity (Wildman–Crippen MR) is 84.9 cm³/mol. The molecule has 1 aromatic carbocycles. The third-order valence-corrected chi connectivity index (χ3v) is 3.29. The van der Waals surface area contributed by atoms with Crippen LogP contribution in [0.1, 0.15) is 29.4 Å². The van der Waals surface area contributed by atoms with Crippen molar-refractivity contribution in [1.29, 1.82) is 0 Å². The fraction of sp³-hybridized carbons (Fsp3) is 0.235. The summed E-state index contributed by atoms with van der Waals surface area (Å²) in [5.41, 5.74) is 7.04. The first kappa shape index (κ1) is 17.4. The second-order valence-corrected chi connectivity index (χ2v) is 5.16. The number of nitrogen functional groups attached to an aromatic ring is 1. The van der Waals surface area contributed by atoms with Crippen LogP contribution in [-0.2, 0) is 20.9 Å². The van der Waals surface area contributed by atoms with Gasteiger partial charge in [-0.15, -0.1) is 0 Å². The highest BCUT2D eigenvalue weighted by Gasteiger charge is 2.22. The Balaban J connectivity index is 2.15. The molecule has 126 valence electrons. The summed E-state index contributed by atoms with van der Waals surface area (Å²) < 4.78 is 19.1. The van der Waals surface area contributed by atoms with E-state index in [-0.39, 0.29) is 24.7 Å². The van der Waals surface area contributed by atoms with Crippen molar-refractivity contribution in [2.24, 2.45) is 0 Å². The smallest absolute Gasteiger partial charge is 0.375 e. The average Bonchev–Trinajstić information content (AvgIpc) is 2.90. The molecule has 2 N–H and O–H groups in total. The number of nitrogens with zero attached hydrogens (tertiary/aromatic N) is 1. The van der Waals surface area contributed by atoms with Gasteiger partial charge in [0.25, 0.3) is 0 Å². The molecule has 0 aliphatic carbocycles. The first-order valence-corrected chi connectivity index (χ1v) is 7.34. The molecule has 0 unspecified atom stereocenters. The Morgan fingerprint density at radius 3 is 2.50 bits per heavy atom. The Bertz CT molecular complexity index is 765. The monoisotopic (exact) mass is 332 g/mol. The lowest BCUT2D eigenvalue weighted by molar-refractivity contribution is -0.153. The van der Waals surface area contributed by atoms with Crippen molar-refractivity contribution in [3.63, 3.8) is 0 Å². The molecule has 0 atom stereocenters. The number of nitrogens with two attached hydrogens (primary N) is 1. The summed E-state index contributed by atoms with van der Waals surface area (Å²) in [7, 11) is 0. The van der Waals surface area contributed by atoms with Crippen molar-refractivity contribution >= 4 is 23.2 Å². The fourth-order valence-electron chi connectivity index (χ4n) is 2.21. The van der Waals surface area contributed by atoms with Gasteiger partial charge in [-0.05, 0) is 30.7 Å². The molecule has 0 radical (unpaired) electrons. The van der Waals surface area contributed by atoms with E-state index < -0.39 is 24.0 Å². The number of carbonyl (C=O) groups excluding carboxylic acids is 3. The number of esters is 1. The maximum atomic E-state index is 13.0. The Morgan fingerprint density at radius 1 is 1.21 bits per heavy atom. The Morgan fingerprint density at radius 2 is 1.88 bits per heavy atom. The number of Topliss-reactive ketones (excluding diaryl/α,β-unsaturated/α-hetero) is 2. The number of ketones is 2. The SMILES string of the molecule is CCOC(=O)C(=O)CC(=O)c1cc(N)cn1Cc1ccc(F)cc1. The van der Waals surface area contributed by atoms with Crippen LogP contribution in [0.3, 0.4) is 0 Å². The number of carbonyl (C=O) groups is 3. The first-order valence-electron chi connectivity index (χ1n) is 7.34. The van der Waals surface area contributed by atoms with Gasteiger partial charge >= 0.3 is 5.97 Å². The summed E-state index contributed by atoms with van der Waals surface area (Å²) in [4.78, 5) is 35.3. The van der Waals surface area contributed by atoms with Crippen LogP contribution in [0, 0.1) is 5.82 Å². The summed E-state index contributed by atoms with van der Waals surface area (Å²) in [6.07, 6.45) is 0.955. The third kappa shape index (κ3) is 4.28. The van der Waals surface area contributed by atoms with E-state index in [0.29, 0.717) is 5.69 Å². The summed E-state index contributed by atoms with van der Waals surface area (Å²) >= 11 is 0. The standard InChI is InChI=1S/C17H17FN2O4/c1-2-24-17(23)16(22)8-15(21)14-7-13(19)10-20(14)9-11-3-5-12(18)6-4-11/h3-7,10H,2,8-9,19H2,1H3. The number of hydrogen-bond acceptors (Lipinski definition) is 5. The molecule has 1 aromatic heterocycles. The molecule has 0 aliphatic heterocycles. The number of benzene rings is 1. The van der Waals surface area contributed by atoms with Gasteiger partial charge in [-0.3, -0.25) is 9.59 Å². The minimum Gasteiger partial charge on any atom is -0.460 e. The summed E-state index contributed by atoms with van der Waals surface area (Å²) in [6, 6.07) is 7.24. The molecule has 0 spiro atoms. The maximum Gasteiger partial charge on any atom is 0.375 e. The van der Waals surface area contributed by atoms with E-state index in [1.165, 1.54) is 18.2 Å². The average molecular weight is 332 g/mol. The van der Waals surface area contributed by atoms with Crippen molar-refractivity contribution in [2.75, 3.05) is 12.3 Å². The molecule has 0 amide bonds. The van der Waals surface area contributed by atoms with Gasteiger partial charge in [0, 0.05) is 12.7 Å². The lowest BCUT2D eigenvalue weighted by Crippen LogP contribution is -2.22. The Labute approximate surface area is 138 Å². The molecule has 0 aliphatic rings. The van der Waals surface area contributed by atoms with Crippen molar-refractivity contribution in [2.45, 2.75) is 19.9 Å². The minimum atomic E-state index is -1.03. The van der Waals surface area contributed by atoms with E-state index >= 15 is 0 Å². The summed E-state index contributed by atoms with van der Waals surface area (Å²) in [5.74, 6) is -2.83. The highest BCUT2D eigenvalue weighted by Crippen LogP contribution is 2.16. The molecule has 6 nitrogen and oxygen atoms in total. The van der Waals surface area contributed by atoms with E-state index in [1.807, 2.05) is 0 Å². The zero-order valence-corrected chi connectivity index (χ0v) is 13.1. The molecule has 0 saturated carbocycles. The number of hydrogen-bond donors (Lipinski definition) is 1. The van der Waals surface area contributed by atoms with Gasteiger partial charge in [-0.25, -0.2) is 9.18 Å². The van der Waals surface area contributed by atoms with Crippen LogP contribution >= 0.6 is 0 Å². The van der Waals surface area contributed by atoms with Gasteiger partial charge in [0.15, 0.2) is 5.78 Å². The van der Waals surface area contributed by atoms with Crippen molar-refractivity contribution < 1.29 is 23.5 Å². The van der Waals surface area contributed by atoms with E-state index in [0.717, 1.165) is 5.56 Å². The molecule has 7 heteroatoms. The zero-order valence-electron chi connectivity index (χ0n) is 13.1. The van der Waals surface area contributed by atoms with Gasteiger partial charge in [0.05, 0.1) is 24.4 Å². The van der Waals surface area contributed by atoms with Gasteiger partial charge in [-0.2, -0.15) is 0 Å². The largest absolute Gasteiger partial charge is 0.460 e. The number of aromatic nitrogens is 1. The molecule has 0 saturated heterocycles. The topological polar surface area (TPSA) is 91.4 Å². The summed E-state index contributed by atoms with van der Waals surface area (Å²) in [6.45, 7) is 1.92. The normalized spacial score (nSPS) is 10.4. The zero-order chi connectivity index (χ0) is 17.7. The number of anilines is 1. The van der Waals surface area contributed by atoms with Gasteiger partial charge in [-0.1, -0.05) is 12.1 Å². The van der Waals surface area contributed by atoms with Crippen LogP contribution in [0.25, 0.3) is 0 Å². The molecule has 24 heavy (non-hydrogen) atoms. The minimum absolute atomic E-state index is 0.0622. The predicted octanol–water partition coefficient (Wildman–Crippen LogP) is 1.96. The van der Waals surface area contributed by atoms with Gasteiger partial charge in [0.1, 0.15) is 5.82 Å². The lowest BCUT2D eigenvalue weighted by atomic mass is 10.1. The van der Waals surface area contributed by atoms with E-state index in [4.69, 9.17) is 5.73 Å². The second-order valence-electron chi connectivity index (χ2n) is 5.16. The van der Waals surface area contributed by atoms with Crippen LogP contribution in [0.4, 0.5) is 10.1 Å². The summed E-state index contributed by atoms with van der Waals surface area (Å²) in [5, 5.41) is 0. The lowest BCUT2D eigenvalue weighted by Gasteiger charge is -2.08.